The van der Waals surface area contributed by atoms with Crippen molar-refractivity contribution in [1.82, 2.24) is 19.6 Å². The van der Waals surface area contributed by atoms with Gasteiger partial charge >= 0.3 is 0 Å². The Morgan fingerprint density at radius 3 is 3.00 bits per heavy atom. The molecule has 0 radical (unpaired) electrons. The van der Waals surface area contributed by atoms with Gasteiger partial charge in [0, 0.05) is 16.3 Å². The molecular formula is C20H18ClN5O2S. The summed E-state index contributed by atoms with van der Waals surface area (Å²) in [5.74, 6) is 0.554. The Hall–Kier alpha value is -2.55. The van der Waals surface area contributed by atoms with Gasteiger partial charge in [0.05, 0.1) is 23.8 Å². The van der Waals surface area contributed by atoms with Crippen molar-refractivity contribution in [3.05, 3.63) is 57.4 Å². The maximum absolute atomic E-state index is 5.94. The lowest BCUT2D eigenvalue weighted by molar-refractivity contribution is -0.0379. The van der Waals surface area contributed by atoms with Crippen LogP contribution in [0.4, 0.5) is 0 Å². The van der Waals surface area contributed by atoms with Gasteiger partial charge < -0.3 is 9.57 Å². The Bertz CT molecular complexity index is 1230. The third kappa shape index (κ3) is 3.59. The Morgan fingerprint density at radius 1 is 1.34 bits per heavy atom. The molecule has 4 heterocycles. The highest BCUT2D eigenvalue weighted by Gasteiger charge is 2.30. The van der Waals surface area contributed by atoms with Crippen LogP contribution in [0.2, 0.25) is 5.02 Å². The summed E-state index contributed by atoms with van der Waals surface area (Å²) >= 11 is 7.54. The van der Waals surface area contributed by atoms with Gasteiger partial charge in [-0.1, -0.05) is 28.9 Å². The first-order valence-corrected chi connectivity index (χ1v) is 10.4. The molecule has 0 spiro atoms. The van der Waals surface area contributed by atoms with E-state index in [2.05, 4.69) is 34.1 Å². The third-order valence-electron chi connectivity index (χ3n) is 4.79. The summed E-state index contributed by atoms with van der Waals surface area (Å²) in [4.78, 5) is 16.8. The average molecular weight is 428 g/mol. The molecule has 0 atom stereocenters. The van der Waals surface area contributed by atoms with Gasteiger partial charge in [0.1, 0.15) is 11.2 Å². The maximum Gasteiger partial charge on any atom is 0.192 e. The molecule has 0 amide bonds. The van der Waals surface area contributed by atoms with E-state index in [1.807, 2.05) is 12.1 Å². The summed E-state index contributed by atoms with van der Waals surface area (Å²) in [7, 11) is 0. The van der Waals surface area contributed by atoms with Crippen molar-refractivity contribution in [2.24, 2.45) is 5.16 Å². The first-order chi connectivity index (χ1) is 14.0. The molecule has 148 valence electrons. The molecule has 0 unspecified atom stereocenters. The number of hydrogen-bond donors (Lipinski definition) is 0. The smallest absolute Gasteiger partial charge is 0.192 e. The fourth-order valence-corrected chi connectivity index (χ4v) is 4.58. The molecule has 3 aromatic heterocycles. The predicted octanol–water partition coefficient (Wildman–Crippen LogP) is 4.39. The van der Waals surface area contributed by atoms with Crippen LogP contribution in [0.1, 0.15) is 35.7 Å². The lowest BCUT2D eigenvalue weighted by Crippen LogP contribution is -2.31. The summed E-state index contributed by atoms with van der Waals surface area (Å²) in [5.41, 5.74) is 2.76. The van der Waals surface area contributed by atoms with E-state index < -0.39 is 0 Å². The number of fused-ring (bicyclic) bond motifs is 5. The minimum Gasteiger partial charge on any atom is -0.387 e. The number of hydrogen-bond acceptors (Lipinski definition) is 7. The molecule has 4 aromatic rings. The number of ether oxygens (including phenoxy) is 1. The van der Waals surface area contributed by atoms with Crippen molar-refractivity contribution in [1.29, 1.82) is 0 Å². The van der Waals surface area contributed by atoms with Gasteiger partial charge in [0.15, 0.2) is 18.1 Å². The Kier molecular flexibility index (Phi) is 4.49. The molecule has 1 aliphatic rings. The van der Waals surface area contributed by atoms with E-state index in [4.69, 9.17) is 21.2 Å². The normalized spacial score (nSPS) is 16.0. The first-order valence-electron chi connectivity index (χ1n) is 9.18. The fraction of sp³-hybridized carbons (Fsp3) is 0.300. The second-order valence-corrected chi connectivity index (χ2v) is 9.03. The van der Waals surface area contributed by atoms with Crippen LogP contribution >= 0.6 is 22.9 Å². The molecule has 1 aromatic carbocycles. The summed E-state index contributed by atoms with van der Waals surface area (Å²) in [6, 6.07) is 7.34. The van der Waals surface area contributed by atoms with Crippen molar-refractivity contribution >= 4 is 45.0 Å². The first kappa shape index (κ1) is 18.5. The minimum absolute atomic E-state index is 0.175. The van der Waals surface area contributed by atoms with Crippen molar-refractivity contribution < 1.29 is 9.57 Å². The second-order valence-electron chi connectivity index (χ2n) is 7.51. The molecule has 5 rings (SSSR count). The highest BCUT2D eigenvalue weighted by Crippen LogP contribution is 2.39. The molecule has 0 fully saturated rings. The van der Waals surface area contributed by atoms with E-state index in [1.165, 1.54) is 10.4 Å². The molecule has 0 bridgehead atoms. The predicted molar refractivity (Wildman–Crippen MR) is 113 cm³/mol. The summed E-state index contributed by atoms with van der Waals surface area (Å²) < 4.78 is 7.65. The van der Waals surface area contributed by atoms with E-state index in [9.17, 15) is 0 Å². The minimum atomic E-state index is -0.198. The maximum atomic E-state index is 5.94. The van der Waals surface area contributed by atoms with Gasteiger partial charge in [-0.25, -0.2) is 14.5 Å². The molecule has 0 saturated carbocycles. The summed E-state index contributed by atoms with van der Waals surface area (Å²) in [6.07, 6.45) is 4.15. The van der Waals surface area contributed by atoms with Crippen LogP contribution in [0.5, 0.6) is 0 Å². The SMILES string of the molecule is CC1(C)Cc2c(sc3ncn4nc(CO/N=C\c5ccc(Cl)cc5)nc4c23)CO1. The zero-order valence-electron chi connectivity index (χ0n) is 15.9. The molecular weight excluding hydrogens is 410 g/mol. The molecule has 29 heavy (non-hydrogen) atoms. The Balaban J connectivity index is 1.41. The van der Waals surface area contributed by atoms with Gasteiger partial charge in [0.25, 0.3) is 0 Å². The van der Waals surface area contributed by atoms with Crippen LogP contribution in [0.15, 0.2) is 35.7 Å². The van der Waals surface area contributed by atoms with E-state index >= 15 is 0 Å². The third-order valence-corrected chi connectivity index (χ3v) is 6.16. The van der Waals surface area contributed by atoms with E-state index in [-0.39, 0.29) is 12.2 Å². The number of rotatable bonds is 4. The van der Waals surface area contributed by atoms with E-state index in [0.717, 1.165) is 27.8 Å². The van der Waals surface area contributed by atoms with Crippen LogP contribution in [0, 0.1) is 0 Å². The Morgan fingerprint density at radius 2 is 2.17 bits per heavy atom. The molecule has 0 N–H and O–H groups in total. The molecule has 0 aliphatic carbocycles. The largest absolute Gasteiger partial charge is 0.387 e. The molecule has 7 nitrogen and oxygen atoms in total. The zero-order chi connectivity index (χ0) is 20.0. The van der Waals surface area contributed by atoms with Crippen molar-refractivity contribution in [3.63, 3.8) is 0 Å². The quantitative estimate of drug-likeness (QED) is 0.356. The standard InChI is InChI=1S/C20H18ClN5O2S/c1-20(2)7-14-15(9-27-20)29-19-17(14)18-24-16(25-26(18)11-22-19)10-28-23-8-12-3-5-13(21)6-4-12/h3-6,8,11H,7,9-10H2,1-2H3/b23-8-. The van der Waals surface area contributed by atoms with Crippen LogP contribution in [-0.4, -0.2) is 31.4 Å². The van der Waals surface area contributed by atoms with Crippen LogP contribution in [0.3, 0.4) is 0 Å². The number of oxime groups is 1. The van der Waals surface area contributed by atoms with Crippen molar-refractivity contribution in [2.45, 2.75) is 39.1 Å². The number of aromatic nitrogens is 4. The van der Waals surface area contributed by atoms with Crippen LogP contribution in [-0.2, 0) is 29.2 Å². The topological polar surface area (TPSA) is 73.9 Å². The second kappa shape index (κ2) is 7.05. The van der Waals surface area contributed by atoms with Gasteiger partial charge in [-0.05, 0) is 37.1 Å². The number of halogens is 1. The van der Waals surface area contributed by atoms with E-state index in [0.29, 0.717) is 17.5 Å². The lowest BCUT2D eigenvalue weighted by Gasteiger charge is -2.30. The summed E-state index contributed by atoms with van der Waals surface area (Å²) in [5, 5.41) is 10.2. The average Bonchev–Trinajstić information content (AvgIpc) is 3.26. The van der Waals surface area contributed by atoms with Crippen molar-refractivity contribution in [3.8, 4) is 0 Å². The van der Waals surface area contributed by atoms with Gasteiger partial charge in [-0.2, -0.15) is 0 Å². The molecule has 1 aliphatic heterocycles. The number of nitrogens with zero attached hydrogens (tertiary/aromatic N) is 5. The van der Waals surface area contributed by atoms with Crippen LogP contribution in [0.25, 0.3) is 15.9 Å². The Labute approximate surface area is 175 Å². The number of benzene rings is 1. The highest BCUT2D eigenvalue weighted by atomic mass is 35.5. The number of thiophene rings is 1. The van der Waals surface area contributed by atoms with E-state index in [1.54, 1.807) is 40.5 Å². The molecule has 0 saturated heterocycles. The fourth-order valence-electron chi connectivity index (χ4n) is 3.39. The summed E-state index contributed by atoms with van der Waals surface area (Å²) in [6.45, 7) is 5.00. The zero-order valence-corrected chi connectivity index (χ0v) is 17.5. The van der Waals surface area contributed by atoms with Crippen molar-refractivity contribution in [2.75, 3.05) is 0 Å². The monoisotopic (exact) mass is 427 g/mol. The van der Waals surface area contributed by atoms with Gasteiger partial charge in [-0.3, -0.25) is 0 Å². The van der Waals surface area contributed by atoms with Gasteiger partial charge in [0.2, 0.25) is 0 Å². The highest BCUT2D eigenvalue weighted by molar-refractivity contribution is 7.19. The molecule has 9 heteroatoms. The van der Waals surface area contributed by atoms with Gasteiger partial charge in [-0.15, -0.1) is 16.4 Å². The van der Waals surface area contributed by atoms with Crippen LogP contribution < -0.4 is 0 Å². The lowest BCUT2D eigenvalue weighted by atomic mass is 9.94.